The van der Waals surface area contributed by atoms with Gasteiger partial charge in [0.05, 0.1) is 0 Å². The number of carboxylic acids is 1. The Morgan fingerprint density at radius 3 is 2.36 bits per heavy atom. The van der Waals surface area contributed by atoms with Gasteiger partial charge in [-0.1, -0.05) is 50.3 Å². The van der Waals surface area contributed by atoms with E-state index in [-0.39, 0.29) is 17.7 Å². The fourth-order valence-corrected chi connectivity index (χ4v) is 2.25. The van der Waals surface area contributed by atoms with Gasteiger partial charge < -0.3 is 10.2 Å². The van der Waals surface area contributed by atoms with Gasteiger partial charge in [-0.05, 0) is 17.4 Å². The molecule has 6 heteroatoms. The lowest BCUT2D eigenvalue weighted by Crippen LogP contribution is -2.11. The van der Waals surface area contributed by atoms with Crippen molar-refractivity contribution < 1.29 is 15.0 Å². The molecule has 118 valence electrons. The highest BCUT2D eigenvalue weighted by molar-refractivity contribution is 5.92. The number of carboxylic acid groups (broad SMARTS) is 1. The zero-order chi connectivity index (χ0) is 16.3. The van der Waals surface area contributed by atoms with Crippen LogP contribution in [0.2, 0.25) is 0 Å². The fourth-order valence-electron chi connectivity index (χ4n) is 2.25. The summed E-state index contributed by atoms with van der Waals surface area (Å²) in [5.41, 5.74) is 2.36. The first-order valence-corrected chi connectivity index (χ1v) is 7.23. The summed E-state index contributed by atoms with van der Waals surface area (Å²) in [6.45, 7) is 6.81. The number of aryl methyl sites for hydroxylation is 1. The predicted molar refractivity (Wildman–Crippen MR) is 82.8 cm³/mol. The number of aromatic carboxylic acids is 1. The second-order valence-corrected chi connectivity index (χ2v) is 6.22. The third-order valence-electron chi connectivity index (χ3n) is 3.49. The minimum Gasteiger partial charge on any atom is -0.476 e. The van der Waals surface area contributed by atoms with E-state index in [9.17, 15) is 9.90 Å². The SMILES string of the molecule is CC(C)(C)c1ccc(-c2c(C(=O)O)nnn2CCCO)cc1. The summed E-state index contributed by atoms with van der Waals surface area (Å²) in [4.78, 5) is 11.3. The minimum absolute atomic E-state index is 0.0185. The van der Waals surface area contributed by atoms with E-state index in [0.717, 1.165) is 5.56 Å². The van der Waals surface area contributed by atoms with Gasteiger partial charge in [0.15, 0.2) is 5.69 Å². The van der Waals surface area contributed by atoms with E-state index in [4.69, 9.17) is 5.11 Å². The molecule has 0 saturated heterocycles. The highest BCUT2D eigenvalue weighted by Gasteiger charge is 2.21. The first kappa shape index (κ1) is 16.2. The number of aliphatic hydroxyl groups is 1. The topological polar surface area (TPSA) is 88.2 Å². The molecule has 1 aromatic carbocycles. The second-order valence-electron chi connectivity index (χ2n) is 6.22. The molecule has 0 aliphatic heterocycles. The van der Waals surface area contributed by atoms with Crippen LogP contribution < -0.4 is 0 Å². The molecule has 0 fully saturated rings. The van der Waals surface area contributed by atoms with Crippen molar-refractivity contribution in [3.8, 4) is 11.3 Å². The average Bonchev–Trinajstić information content (AvgIpc) is 2.88. The van der Waals surface area contributed by atoms with Gasteiger partial charge in [0.2, 0.25) is 0 Å². The number of rotatable bonds is 5. The van der Waals surface area contributed by atoms with Crippen LogP contribution in [0.15, 0.2) is 24.3 Å². The molecule has 0 unspecified atom stereocenters. The Morgan fingerprint density at radius 2 is 1.86 bits per heavy atom. The second kappa shape index (κ2) is 6.27. The van der Waals surface area contributed by atoms with Crippen LogP contribution in [0.5, 0.6) is 0 Å². The molecular formula is C16H21N3O3. The van der Waals surface area contributed by atoms with Crippen LogP contribution in [0.3, 0.4) is 0 Å². The maximum atomic E-state index is 11.3. The van der Waals surface area contributed by atoms with Crippen molar-refractivity contribution in [3.05, 3.63) is 35.5 Å². The van der Waals surface area contributed by atoms with Crippen LogP contribution in [0.1, 0.15) is 43.2 Å². The Hall–Kier alpha value is -2.21. The summed E-state index contributed by atoms with van der Waals surface area (Å²) < 4.78 is 1.53. The summed E-state index contributed by atoms with van der Waals surface area (Å²) in [7, 11) is 0. The molecule has 22 heavy (non-hydrogen) atoms. The molecule has 0 aliphatic carbocycles. The summed E-state index contributed by atoms with van der Waals surface area (Å²) in [6.07, 6.45) is 0.496. The van der Waals surface area contributed by atoms with Crippen molar-refractivity contribution in [3.63, 3.8) is 0 Å². The molecule has 0 saturated carbocycles. The maximum Gasteiger partial charge on any atom is 0.358 e. The van der Waals surface area contributed by atoms with Crippen LogP contribution in [-0.2, 0) is 12.0 Å². The van der Waals surface area contributed by atoms with E-state index in [1.165, 1.54) is 10.2 Å². The molecule has 0 aliphatic rings. The van der Waals surface area contributed by atoms with Crippen molar-refractivity contribution in [2.24, 2.45) is 0 Å². The molecule has 1 aromatic heterocycles. The van der Waals surface area contributed by atoms with Crippen molar-refractivity contribution in [2.75, 3.05) is 6.61 Å². The zero-order valence-corrected chi connectivity index (χ0v) is 13.1. The third kappa shape index (κ3) is 3.33. The van der Waals surface area contributed by atoms with E-state index < -0.39 is 5.97 Å². The Kier molecular flexibility index (Phi) is 4.61. The number of aliphatic hydroxyl groups excluding tert-OH is 1. The van der Waals surface area contributed by atoms with E-state index in [0.29, 0.717) is 18.7 Å². The van der Waals surface area contributed by atoms with Crippen molar-refractivity contribution >= 4 is 5.97 Å². The maximum absolute atomic E-state index is 11.3. The average molecular weight is 303 g/mol. The highest BCUT2D eigenvalue weighted by atomic mass is 16.4. The number of nitrogens with zero attached hydrogens (tertiary/aromatic N) is 3. The first-order valence-electron chi connectivity index (χ1n) is 7.23. The smallest absolute Gasteiger partial charge is 0.358 e. The van der Waals surface area contributed by atoms with Crippen molar-refractivity contribution in [1.29, 1.82) is 0 Å². The fraction of sp³-hybridized carbons (Fsp3) is 0.438. The summed E-state index contributed by atoms with van der Waals surface area (Å²) in [5.74, 6) is -1.11. The van der Waals surface area contributed by atoms with Gasteiger partial charge in [-0.25, -0.2) is 9.48 Å². The molecular weight excluding hydrogens is 282 g/mol. The molecule has 2 rings (SSSR count). The molecule has 6 nitrogen and oxygen atoms in total. The van der Waals surface area contributed by atoms with Crippen LogP contribution in [-0.4, -0.2) is 37.8 Å². The summed E-state index contributed by atoms with van der Waals surface area (Å²) >= 11 is 0. The molecule has 2 aromatic rings. The lowest BCUT2D eigenvalue weighted by Gasteiger charge is -2.19. The summed E-state index contributed by atoms with van der Waals surface area (Å²) in [5, 5.41) is 25.9. The molecule has 0 spiro atoms. The van der Waals surface area contributed by atoms with Gasteiger partial charge >= 0.3 is 5.97 Å². The largest absolute Gasteiger partial charge is 0.476 e. The van der Waals surface area contributed by atoms with Gasteiger partial charge in [-0.3, -0.25) is 0 Å². The van der Waals surface area contributed by atoms with Crippen LogP contribution in [0, 0.1) is 0 Å². The number of benzene rings is 1. The summed E-state index contributed by atoms with van der Waals surface area (Å²) in [6, 6.07) is 7.76. The molecule has 0 radical (unpaired) electrons. The molecule has 0 atom stereocenters. The zero-order valence-electron chi connectivity index (χ0n) is 13.1. The van der Waals surface area contributed by atoms with Crippen molar-refractivity contribution in [2.45, 2.75) is 39.2 Å². The van der Waals surface area contributed by atoms with Crippen LogP contribution >= 0.6 is 0 Å². The highest BCUT2D eigenvalue weighted by Crippen LogP contribution is 2.27. The van der Waals surface area contributed by atoms with Gasteiger partial charge in [0.1, 0.15) is 5.69 Å². The standard InChI is InChI=1S/C16H21N3O3/c1-16(2,3)12-7-5-11(6-8-12)14-13(15(21)22)17-18-19(14)9-4-10-20/h5-8,20H,4,9-10H2,1-3H3,(H,21,22). The van der Waals surface area contributed by atoms with Gasteiger partial charge in [0, 0.05) is 18.7 Å². The number of aromatic nitrogens is 3. The lowest BCUT2D eigenvalue weighted by molar-refractivity contribution is 0.0691. The molecule has 0 bridgehead atoms. The van der Waals surface area contributed by atoms with E-state index in [1.54, 1.807) is 0 Å². The van der Waals surface area contributed by atoms with E-state index in [1.807, 2.05) is 24.3 Å². The van der Waals surface area contributed by atoms with Gasteiger partial charge in [-0.15, -0.1) is 5.10 Å². The van der Waals surface area contributed by atoms with Crippen LogP contribution in [0.4, 0.5) is 0 Å². The third-order valence-corrected chi connectivity index (χ3v) is 3.49. The molecule has 0 amide bonds. The van der Waals surface area contributed by atoms with Crippen LogP contribution in [0.25, 0.3) is 11.3 Å². The normalized spacial score (nSPS) is 11.6. The Morgan fingerprint density at radius 1 is 1.23 bits per heavy atom. The van der Waals surface area contributed by atoms with Gasteiger partial charge in [0.25, 0.3) is 0 Å². The first-order chi connectivity index (χ1) is 10.3. The molecule has 2 N–H and O–H groups in total. The molecule has 1 heterocycles. The predicted octanol–water partition coefficient (Wildman–Crippen LogP) is 2.32. The van der Waals surface area contributed by atoms with Gasteiger partial charge in [-0.2, -0.15) is 0 Å². The van der Waals surface area contributed by atoms with E-state index in [2.05, 4.69) is 31.1 Å². The monoisotopic (exact) mass is 303 g/mol. The lowest BCUT2D eigenvalue weighted by atomic mass is 9.86. The Labute approximate surface area is 129 Å². The minimum atomic E-state index is -1.11. The number of carbonyl (C=O) groups is 1. The quantitative estimate of drug-likeness (QED) is 0.885. The van der Waals surface area contributed by atoms with E-state index >= 15 is 0 Å². The Bertz CT molecular complexity index is 654. The Balaban J connectivity index is 2.45. The number of hydrogen-bond donors (Lipinski definition) is 2. The number of hydrogen-bond acceptors (Lipinski definition) is 4. The van der Waals surface area contributed by atoms with Crippen molar-refractivity contribution in [1.82, 2.24) is 15.0 Å².